The molecule has 0 spiro atoms. The Bertz CT molecular complexity index is 520. The normalized spacial score (nSPS) is 11.5. The minimum atomic E-state index is -1.25. The van der Waals surface area contributed by atoms with Crippen molar-refractivity contribution in [1.29, 1.82) is 0 Å². The molecule has 0 unspecified atom stereocenters. The first-order valence-electron chi connectivity index (χ1n) is 5.66. The Balaban J connectivity index is 2.68. The first-order chi connectivity index (χ1) is 9.43. The molecule has 1 heterocycles. The molecule has 0 saturated heterocycles. The second-order valence-electron chi connectivity index (χ2n) is 3.84. The number of carbonyl (C=O) groups is 3. The minimum absolute atomic E-state index is 0.00168. The summed E-state index contributed by atoms with van der Waals surface area (Å²) in [4.78, 5) is 37.6. The average Bonchev–Trinajstić information content (AvgIpc) is 2.42. The van der Waals surface area contributed by atoms with Crippen LogP contribution >= 0.6 is 11.6 Å². The molecule has 0 aliphatic rings. The lowest BCUT2D eigenvalue weighted by atomic mass is 10.1. The Morgan fingerprint density at radius 2 is 2.20 bits per heavy atom. The zero-order chi connectivity index (χ0) is 15.1. The summed E-state index contributed by atoms with van der Waals surface area (Å²) in [5.41, 5.74) is 0.00168. The number of ether oxygens (including phenoxy) is 1. The summed E-state index contributed by atoms with van der Waals surface area (Å²) in [6.45, 7) is 0. The number of esters is 1. The Morgan fingerprint density at radius 3 is 2.75 bits per heavy atom. The smallest absolute Gasteiger partial charge is 0.326 e. The van der Waals surface area contributed by atoms with E-state index >= 15 is 0 Å². The van der Waals surface area contributed by atoms with Gasteiger partial charge >= 0.3 is 11.9 Å². The quantitative estimate of drug-likeness (QED) is 0.755. The zero-order valence-corrected chi connectivity index (χ0v) is 11.4. The standard InChI is InChI=1S/C12H13ClN2O5/c1-20-10(16)3-2-8(12(18)19)15-11(17)9-6-7(13)4-5-14-9/h4-6,8H,2-3H2,1H3,(H,15,17)(H,18,19)/t8-/m1/s1. The van der Waals surface area contributed by atoms with Gasteiger partial charge < -0.3 is 15.2 Å². The van der Waals surface area contributed by atoms with Crippen LogP contribution in [0.2, 0.25) is 5.02 Å². The number of halogens is 1. The Hall–Kier alpha value is -2.15. The minimum Gasteiger partial charge on any atom is -0.480 e. The molecule has 1 aromatic heterocycles. The van der Waals surface area contributed by atoms with Gasteiger partial charge in [0.05, 0.1) is 7.11 Å². The SMILES string of the molecule is COC(=O)CC[C@@H](NC(=O)c1cc(Cl)ccn1)C(=O)O. The molecular formula is C12H13ClN2O5. The van der Waals surface area contributed by atoms with Gasteiger partial charge in [-0.05, 0) is 18.6 Å². The van der Waals surface area contributed by atoms with E-state index in [9.17, 15) is 14.4 Å². The van der Waals surface area contributed by atoms with Crippen LogP contribution in [0.1, 0.15) is 23.3 Å². The fourth-order valence-electron chi connectivity index (χ4n) is 1.38. The van der Waals surface area contributed by atoms with Crippen molar-refractivity contribution in [2.75, 3.05) is 7.11 Å². The van der Waals surface area contributed by atoms with Crippen LogP contribution in [0.3, 0.4) is 0 Å². The third kappa shape index (κ3) is 4.85. The summed E-state index contributed by atoms with van der Waals surface area (Å²) in [6, 6.07) is 1.60. The van der Waals surface area contributed by atoms with Crippen molar-refractivity contribution in [2.24, 2.45) is 0 Å². The van der Waals surface area contributed by atoms with Gasteiger partial charge in [0.1, 0.15) is 11.7 Å². The van der Waals surface area contributed by atoms with Crippen molar-refractivity contribution in [2.45, 2.75) is 18.9 Å². The van der Waals surface area contributed by atoms with Crippen LogP contribution in [0, 0.1) is 0 Å². The van der Waals surface area contributed by atoms with Crippen molar-refractivity contribution < 1.29 is 24.2 Å². The highest BCUT2D eigenvalue weighted by Crippen LogP contribution is 2.08. The fraction of sp³-hybridized carbons (Fsp3) is 0.333. The topological polar surface area (TPSA) is 106 Å². The van der Waals surface area contributed by atoms with Gasteiger partial charge in [0.2, 0.25) is 0 Å². The van der Waals surface area contributed by atoms with Gasteiger partial charge in [0.15, 0.2) is 0 Å². The van der Waals surface area contributed by atoms with Crippen molar-refractivity contribution in [1.82, 2.24) is 10.3 Å². The van der Waals surface area contributed by atoms with Gasteiger partial charge in [0, 0.05) is 17.6 Å². The summed E-state index contributed by atoms with van der Waals surface area (Å²) in [7, 11) is 1.20. The summed E-state index contributed by atoms with van der Waals surface area (Å²) in [5, 5.41) is 11.6. The average molecular weight is 301 g/mol. The van der Waals surface area contributed by atoms with E-state index in [4.69, 9.17) is 16.7 Å². The largest absolute Gasteiger partial charge is 0.480 e. The molecule has 2 N–H and O–H groups in total. The monoisotopic (exact) mass is 300 g/mol. The molecule has 0 radical (unpaired) electrons. The maximum absolute atomic E-state index is 11.8. The van der Waals surface area contributed by atoms with E-state index in [0.29, 0.717) is 5.02 Å². The molecule has 1 aromatic rings. The number of aromatic nitrogens is 1. The number of methoxy groups -OCH3 is 1. The number of pyridine rings is 1. The van der Waals surface area contributed by atoms with Gasteiger partial charge in [-0.3, -0.25) is 14.6 Å². The lowest BCUT2D eigenvalue weighted by molar-refractivity contribution is -0.142. The van der Waals surface area contributed by atoms with Gasteiger partial charge in [0.25, 0.3) is 5.91 Å². The first kappa shape index (κ1) is 15.9. The molecule has 0 aromatic carbocycles. The van der Waals surface area contributed by atoms with Crippen molar-refractivity contribution in [3.63, 3.8) is 0 Å². The maximum atomic E-state index is 11.8. The number of hydrogen-bond donors (Lipinski definition) is 2. The Kier molecular flexibility index (Phi) is 5.92. The number of nitrogens with one attached hydrogen (secondary N) is 1. The van der Waals surface area contributed by atoms with Crippen LogP contribution in [-0.4, -0.2) is 41.1 Å². The number of hydrogen-bond acceptors (Lipinski definition) is 5. The van der Waals surface area contributed by atoms with Gasteiger partial charge in [-0.2, -0.15) is 0 Å². The summed E-state index contributed by atoms with van der Waals surface area (Å²) < 4.78 is 4.41. The number of carboxylic acid groups (broad SMARTS) is 1. The molecule has 7 nitrogen and oxygen atoms in total. The van der Waals surface area contributed by atoms with Gasteiger partial charge in [-0.15, -0.1) is 0 Å². The van der Waals surface area contributed by atoms with E-state index < -0.39 is 23.9 Å². The highest BCUT2D eigenvalue weighted by atomic mass is 35.5. The number of aliphatic carboxylic acids is 1. The Morgan fingerprint density at radius 1 is 1.50 bits per heavy atom. The lowest BCUT2D eigenvalue weighted by Gasteiger charge is -2.13. The van der Waals surface area contributed by atoms with Gasteiger partial charge in [-0.25, -0.2) is 4.79 Å². The summed E-state index contributed by atoms with van der Waals surface area (Å²) in [6.07, 6.45) is 1.15. The van der Waals surface area contributed by atoms with E-state index in [1.807, 2.05) is 0 Å². The third-order valence-electron chi connectivity index (χ3n) is 2.42. The van der Waals surface area contributed by atoms with Crippen LogP contribution in [0.15, 0.2) is 18.3 Å². The highest BCUT2D eigenvalue weighted by molar-refractivity contribution is 6.30. The second-order valence-corrected chi connectivity index (χ2v) is 4.27. The predicted octanol–water partition coefficient (Wildman–Crippen LogP) is 0.871. The summed E-state index contributed by atoms with van der Waals surface area (Å²) >= 11 is 5.71. The van der Waals surface area contributed by atoms with E-state index in [0.717, 1.165) is 0 Å². The maximum Gasteiger partial charge on any atom is 0.326 e. The van der Waals surface area contributed by atoms with Crippen molar-refractivity contribution in [3.05, 3.63) is 29.0 Å². The molecule has 108 valence electrons. The van der Waals surface area contributed by atoms with Crippen LogP contribution in [-0.2, 0) is 14.3 Å². The number of carboxylic acids is 1. The zero-order valence-electron chi connectivity index (χ0n) is 10.6. The number of rotatable bonds is 6. The molecule has 0 aliphatic heterocycles. The van der Waals surface area contributed by atoms with Crippen molar-refractivity contribution in [3.8, 4) is 0 Å². The predicted molar refractivity (Wildman–Crippen MR) is 69.4 cm³/mol. The molecule has 0 bridgehead atoms. The molecule has 0 fully saturated rings. The van der Waals surface area contributed by atoms with Crippen LogP contribution in [0.25, 0.3) is 0 Å². The number of nitrogens with zero attached hydrogens (tertiary/aromatic N) is 1. The van der Waals surface area contributed by atoms with E-state index in [1.165, 1.54) is 25.4 Å². The molecule has 0 saturated carbocycles. The van der Waals surface area contributed by atoms with E-state index in [-0.39, 0.29) is 18.5 Å². The third-order valence-corrected chi connectivity index (χ3v) is 2.66. The Labute approximate surface area is 119 Å². The fourth-order valence-corrected chi connectivity index (χ4v) is 1.54. The molecule has 1 atom stereocenters. The molecule has 8 heteroatoms. The first-order valence-corrected chi connectivity index (χ1v) is 6.04. The van der Waals surface area contributed by atoms with Crippen LogP contribution < -0.4 is 5.32 Å². The lowest BCUT2D eigenvalue weighted by Crippen LogP contribution is -2.41. The van der Waals surface area contributed by atoms with Crippen molar-refractivity contribution >= 4 is 29.4 Å². The van der Waals surface area contributed by atoms with E-state index in [1.54, 1.807) is 0 Å². The summed E-state index contributed by atoms with van der Waals surface area (Å²) in [5.74, 6) is -2.47. The molecule has 1 amide bonds. The molecule has 1 rings (SSSR count). The highest BCUT2D eigenvalue weighted by Gasteiger charge is 2.22. The molecular weight excluding hydrogens is 288 g/mol. The second kappa shape index (κ2) is 7.44. The van der Waals surface area contributed by atoms with Crippen LogP contribution in [0.5, 0.6) is 0 Å². The number of amides is 1. The molecule has 20 heavy (non-hydrogen) atoms. The van der Waals surface area contributed by atoms with Crippen LogP contribution in [0.4, 0.5) is 0 Å². The van der Waals surface area contributed by atoms with E-state index in [2.05, 4.69) is 15.0 Å². The molecule has 0 aliphatic carbocycles. The number of carbonyl (C=O) groups excluding carboxylic acids is 2. The van der Waals surface area contributed by atoms with Gasteiger partial charge in [-0.1, -0.05) is 11.6 Å².